The number of hydrogen-bond acceptors (Lipinski definition) is 10. The summed E-state index contributed by atoms with van der Waals surface area (Å²) in [5.41, 5.74) is 13.3. The van der Waals surface area contributed by atoms with Crippen LogP contribution in [0.15, 0.2) is 59.7 Å². The zero-order valence-electron chi connectivity index (χ0n) is 92.9. The predicted molar refractivity (Wildman–Crippen MR) is 535 cm³/mol. The van der Waals surface area contributed by atoms with Crippen molar-refractivity contribution >= 4 is 30.2 Å². The van der Waals surface area contributed by atoms with E-state index in [4.69, 9.17) is 28.5 Å². The summed E-state index contributed by atoms with van der Waals surface area (Å²) in [6.07, 6.45) is 38.7. The first kappa shape index (κ1) is 129. The van der Waals surface area contributed by atoms with E-state index in [9.17, 15) is 19.2 Å². The second-order valence-electron chi connectivity index (χ2n) is 54.0. The molecule has 19 aliphatic rings. The third-order valence-electron chi connectivity index (χ3n) is 38.3. The molecular formula is C119H182N3O10WY6-7. The number of hydrogen-bond donors (Lipinski definition) is 3. The quantitative estimate of drug-likeness (QED) is 0.186. The van der Waals surface area contributed by atoms with Crippen molar-refractivity contribution in [3.8, 4) is 0 Å². The number of Topliss-reactive ketones (excluding diaryl/α,β-unsaturated/α-hetero) is 1. The minimum atomic E-state index is -0.476. The van der Waals surface area contributed by atoms with E-state index in [1.54, 1.807) is 46.3 Å². The number of nitrogens with one attached hydrogen (secondary N) is 3. The second-order valence-corrected chi connectivity index (χ2v) is 54.0. The molecule has 1 heterocycles. The molecule has 3 N–H and O–H groups in total. The molecular weight excluding hydrogens is 2350 g/mol. The van der Waals surface area contributed by atoms with Crippen LogP contribution in [0.5, 0.6) is 0 Å². The Bertz CT molecular complexity index is 4580. The summed E-state index contributed by atoms with van der Waals surface area (Å²) >= 11 is 0. The summed E-state index contributed by atoms with van der Waals surface area (Å²) in [7, 11) is 0. The number of carbonyl (C=O) groups excluding carboxylic acids is 6. The first-order chi connectivity index (χ1) is 61.1. The molecule has 139 heavy (non-hydrogen) atoms. The zero-order valence-corrected chi connectivity index (χ0v) is 113. The topological polar surface area (TPSA) is 175 Å². The minimum Gasteiger partial charge on any atom is -0.444 e. The van der Waals surface area contributed by atoms with Crippen LogP contribution >= 0.6 is 0 Å². The van der Waals surface area contributed by atoms with E-state index in [1.807, 2.05) is 62.3 Å². The van der Waals surface area contributed by atoms with Gasteiger partial charge in [0.2, 0.25) is 0 Å². The van der Waals surface area contributed by atoms with Gasteiger partial charge in [0.25, 0.3) is 0 Å². The van der Waals surface area contributed by atoms with E-state index in [0.717, 1.165) is 137 Å². The maximum absolute atomic E-state index is 12.4. The molecule has 2 aromatic carbocycles. The fourth-order valence-electron chi connectivity index (χ4n) is 34.0. The van der Waals surface area contributed by atoms with Crippen molar-refractivity contribution in [2.45, 2.75) is 452 Å². The molecule has 21 atom stereocenters. The third kappa shape index (κ3) is 28.6. The van der Waals surface area contributed by atoms with E-state index in [-0.39, 0.29) is 275 Å². The van der Waals surface area contributed by atoms with Crippen LogP contribution in [-0.4, -0.2) is 76.8 Å². The monoisotopic (exact) mass is 2530 g/mol. The summed E-state index contributed by atoms with van der Waals surface area (Å²) < 4.78 is 22.6. The van der Waals surface area contributed by atoms with Crippen LogP contribution in [-0.2, 0) is 256 Å². The number of rotatable bonds is 6. The number of allylic oxidation sites excluding steroid dienone is 4. The fourth-order valence-corrected chi connectivity index (χ4v) is 34.0. The Labute approximate surface area is 1010 Å². The number of carbonyl (C=O) groups is 4. The maximum Gasteiger partial charge on any atom is 0.408 e. The van der Waals surface area contributed by atoms with Crippen molar-refractivity contribution in [1.29, 1.82) is 0 Å². The Hall–Kier alpha value is 1.79. The van der Waals surface area contributed by atoms with Crippen molar-refractivity contribution in [1.82, 2.24) is 16.0 Å². The molecule has 3 amide bonds. The van der Waals surface area contributed by atoms with E-state index < -0.39 is 16.8 Å². The molecule has 18 aliphatic carbocycles. The number of amides is 3. The molecule has 6 radical (unpaired) electrons. The Morgan fingerprint density at radius 1 is 0.561 bits per heavy atom. The van der Waals surface area contributed by atoms with E-state index in [0.29, 0.717) is 74.9 Å². The number of benzene rings is 2. The molecule has 13 unspecified atom stereocenters. The summed E-state index contributed by atoms with van der Waals surface area (Å²) in [5.74, 6) is 22.9. The van der Waals surface area contributed by atoms with Crippen LogP contribution in [0, 0.1) is 163 Å². The van der Waals surface area contributed by atoms with E-state index in [1.165, 1.54) is 142 Å². The molecule has 8 bridgehead atoms. The van der Waals surface area contributed by atoms with Crippen LogP contribution in [0.25, 0.3) is 0 Å². The molecule has 0 spiro atoms. The molecule has 14 saturated carbocycles. The Morgan fingerprint density at radius 2 is 1.14 bits per heavy atom. The minimum absolute atomic E-state index is 0. The van der Waals surface area contributed by atoms with Gasteiger partial charge in [0, 0.05) is 253 Å². The van der Waals surface area contributed by atoms with Crippen LogP contribution in [0.2, 0.25) is 0 Å². The second kappa shape index (κ2) is 49.3. The van der Waals surface area contributed by atoms with Crippen LogP contribution < -0.4 is 16.0 Å². The molecule has 764 valence electrons. The molecule has 1 aliphatic heterocycles. The van der Waals surface area contributed by atoms with Crippen molar-refractivity contribution in [2.24, 2.45) is 115 Å². The first-order valence-electron chi connectivity index (χ1n) is 52.7. The largest absolute Gasteiger partial charge is 0.444 e. The standard InChI is InChI=1S/C27H41NO2.C20H25O.C20H31.C18H30NO2.C17H29O.C16H26NO2.CO2.W.6Y/c1-17(2)20-10-11-22-21(13-20)19(4)12-23-26(8,14-18(3)15-27(22,23)9)16-28-24(29)30-25(5,6)7;1-12-4-5-14-15-8-9-20(3)18(6-7-19(20)21)17(15)11-13(2)16(14)10-12;1-13(2)16-6-9-19-17(11-16)7-8-18-15(4)10-14(3)12-20(18,19)5;1-12-13-7-16(5)9-17(12,6)11-18(8-13,10-16)19-14(20)21-15(2,3)4;1-12-10-15(2,3)13-6-8-17(5)14(7-9-18-17)16(13,4)11-12;1-10-12-5-11-6-13(10)9-16(7-11,8-12)17-14(18)19-15(2,3)4;2-1-3;;;;;;;/h10-11,13,17,23H,12,14-16H2,1-9H3,(H,28,29);4-5,10,15,17-18H,6-9,11H2,1-3H3;7,11,13,15,18-19H,6,8-10,12H2,1-5H3;13H,7-11H2,1-6H3,(H,19,20);13-14H,6-11H2,1-5H3;11-13H,5-9H2,1-4H3,(H,17,18);;;;;;;;/q-2;5*-1;;;;;;;;/t;15-,17-,18+,20+;15-,18-,19-,20-;;;;;;;;;;;/m.10.........../s1. The predicted octanol–water partition coefficient (Wildman–Crippen LogP) is 29.9. The first-order valence-corrected chi connectivity index (χ1v) is 52.7. The van der Waals surface area contributed by atoms with Crippen LogP contribution in [0.1, 0.15) is 440 Å². The van der Waals surface area contributed by atoms with Gasteiger partial charge >= 0.3 is 24.4 Å². The normalized spacial score (nSPS) is 37.4. The molecule has 1 saturated heterocycles. The van der Waals surface area contributed by atoms with Crippen molar-refractivity contribution in [3.63, 3.8) is 0 Å². The summed E-state index contributed by atoms with van der Waals surface area (Å²) in [5, 5.41) is 9.60. The Kier molecular flexibility index (Phi) is 45.9. The zero-order chi connectivity index (χ0) is 97.2. The number of ether oxygens (including phenoxy) is 4. The summed E-state index contributed by atoms with van der Waals surface area (Å²) in [6, 6.07) is 14.1. The van der Waals surface area contributed by atoms with Crippen molar-refractivity contribution < 1.29 is 265 Å². The van der Waals surface area contributed by atoms with Gasteiger partial charge in [-0.2, -0.15) is 141 Å². The molecule has 21 rings (SSSR count). The fraction of sp³-hybridized carbons (Fsp3) is 0.765. The van der Waals surface area contributed by atoms with Crippen molar-refractivity contribution in [2.75, 3.05) is 13.2 Å². The summed E-state index contributed by atoms with van der Waals surface area (Å²) in [6.45, 7) is 73.6. The van der Waals surface area contributed by atoms with E-state index in [2.05, 4.69) is 224 Å². The summed E-state index contributed by atoms with van der Waals surface area (Å²) in [4.78, 5) is 65.4. The van der Waals surface area contributed by atoms with Gasteiger partial charge in [-0.3, -0.25) is 4.79 Å². The molecule has 2 aromatic rings. The van der Waals surface area contributed by atoms with E-state index >= 15 is 0 Å². The van der Waals surface area contributed by atoms with Gasteiger partial charge in [-0.15, -0.1) is 34.4 Å². The van der Waals surface area contributed by atoms with Crippen LogP contribution in [0.4, 0.5) is 14.4 Å². The maximum atomic E-state index is 12.4. The number of aryl methyl sites for hydroxylation is 1. The average molecular weight is 2530 g/mol. The molecule has 0 aromatic heterocycles. The molecule has 13 nitrogen and oxygen atoms in total. The molecule has 15 fully saturated rings. The van der Waals surface area contributed by atoms with Crippen LogP contribution in [0.3, 0.4) is 0 Å². The average Bonchev–Trinajstić information content (AvgIpc) is 0.733. The van der Waals surface area contributed by atoms with Gasteiger partial charge in [-0.05, 0) is 214 Å². The van der Waals surface area contributed by atoms with Crippen molar-refractivity contribution in [3.05, 3.63) is 135 Å². The molecule has 20 heteroatoms. The smallest absolute Gasteiger partial charge is 0.408 e. The Balaban J connectivity index is 0.000000253. The van der Waals surface area contributed by atoms with Gasteiger partial charge in [-0.25, -0.2) is 14.4 Å². The number of ketones is 1. The SMILES string of the molecule is C[C-]1C2CC3(C)CC(NC(=O)OC(C)(C)C)(C2)CC1(C)C3.C[C-]1C2CC3CC1CC(NC(=O)OC(C)(C)C)(C3)C2.C[C-]1CC(C)(C)C2CCC3(C)OCCC3C2(C)C1.C[C-]1CC(C)(CNC(=O)OC(C)(C)C)C2C[C-](C)c3cc(C(C)C)ccc3C2(C)C1.C[C-]1C[C@H](C)[C@@H]2CC=C3C=C(C(C)C)CC[C@@H]3[C@@]2(C)C1.Cc1ccc2c(c1)[C-](C)C[C@@H]1[C@@H]2CC[C@]2(C)C(=O)CC[C@@H]12.O=C=O.[W].[Y].[Y].[Y].[Y].[Y].[Y]. The number of alkyl carbamates (subject to hydrolysis) is 3. The third-order valence-corrected chi connectivity index (χ3v) is 38.3. The van der Waals surface area contributed by atoms with Gasteiger partial charge in [0.05, 0.1) is 5.60 Å². The van der Waals surface area contributed by atoms with Gasteiger partial charge in [0.15, 0.2) is 0 Å². The number of fused-ring (bicyclic) bond motifs is 14. The Morgan fingerprint density at radius 3 is 1.73 bits per heavy atom. The van der Waals surface area contributed by atoms with Gasteiger partial charge in [-0.1, -0.05) is 246 Å². The van der Waals surface area contributed by atoms with Gasteiger partial charge < -0.3 is 64.5 Å². The van der Waals surface area contributed by atoms with Gasteiger partial charge in [0.1, 0.15) is 22.6 Å².